The Bertz CT molecular complexity index is 687. The molecule has 0 bridgehead atoms. The second kappa shape index (κ2) is 3.27. The van der Waals surface area contributed by atoms with Crippen LogP contribution in [0.4, 0.5) is 8.78 Å². The van der Waals surface area contributed by atoms with E-state index in [0.29, 0.717) is 16.2 Å². The molecule has 0 aromatic heterocycles. The first-order valence-corrected chi connectivity index (χ1v) is 5.02. The van der Waals surface area contributed by atoms with Gasteiger partial charge in [0.1, 0.15) is 11.6 Å². The van der Waals surface area contributed by atoms with Crippen LogP contribution in [0.25, 0.3) is 21.5 Å². The summed E-state index contributed by atoms with van der Waals surface area (Å²) in [7, 11) is 0. The van der Waals surface area contributed by atoms with Gasteiger partial charge >= 0.3 is 0 Å². The zero-order valence-corrected chi connectivity index (χ0v) is 8.37. The quantitative estimate of drug-likeness (QED) is 0.490. The molecule has 3 aromatic carbocycles. The average molecular weight is 214 g/mol. The van der Waals surface area contributed by atoms with Crippen molar-refractivity contribution in [3.63, 3.8) is 0 Å². The van der Waals surface area contributed by atoms with Crippen LogP contribution in [0.15, 0.2) is 48.5 Å². The van der Waals surface area contributed by atoms with Gasteiger partial charge < -0.3 is 0 Å². The summed E-state index contributed by atoms with van der Waals surface area (Å²) < 4.78 is 27.1. The van der Waals surface area contributed by atoms with E-state index in [1.807, 2.05) is 12.1 Å². The Kier molecular flexibility index (Phi) is 1.90. The van der Waals surface area contributed by atoms with Crippen LogP contribution in [0.2, 0.25) is 0 Å². The second-order valence-electron chi connectivity index (χ2n) is 3.78. The number of hydrogen-bond acceptors (Lipinski definition) is 0. The molecular weight excluding hydrogens is 206 g/mol. The van der Waals surface area contributed by atoms with E-state index in [2.05, 4.69) is 0 Å². The molecule has 0 unspecified atom stereocenters. The summed E-state index contributed by atoms with van der Waals surface area (Å²) in [6.45, 7) is 0. The Labute approximate surface area is 91.1 Å². The fourth-order valence-electron chi connectivity index (χ4n) is 1.99. The summed E-state index contributed by atoms with van der Waals surface area (Å²) in [5.41, 5.74) is 0. The maximum atomic E-state index is 14.1. The van der Waals surface area contributed by atoms with Crippen molar-refractivity contribution < 1.29 is 8.78 Å². The van der Waals surface area contributed by atoms with Gasteiger partial charge in [-0.1, -0.05) is 24.3 Å². The first-order chi connectivity index (χ1) is 7.75. The zero-order chi connectivity index (χ0) is 11.1. The van der Waals surface area contributed by atoms with Crippen molar-refractivity contribution in [2.75, 3.05) is 0 Å². The maximum Gasteiger partial charge on any atom is 0.138 e. The summed E-state index contributed by atoms with van der Waals surface area (Å²) in [4.78, 5) is 0. The summed E-state index contributed by atoms with van der Waals surface area (Å²) in [5.74, 6) is -0.629. The summed E-state index contributed by atoms with van der Waals surface area (Å²) >= 11 is 0. The van der Waals surface area contributed by atoms with Gasteiger partial charge in [-0.05, 0) is 35.0 Å². The van der Waals surface area contributed by atoms with E-state index in [0.717, 1.165) is 5.39 Å². The van der Waals surface area contributed by atoms with Crippen LogP contribution < -0.4 is 0 Å². The minimum absolute atomic E-state index is 0.284. The van der Waals surface area contributed by atoms with Gasteiger partial charge in [0.15, 0.2) is 0 Å². The molecule has 0 atom stereocenters. The molecule has 0 fully saturated rings. The lowest BCUT2D eigenvalue weighted by molar-refractivity contribution is 0.628. The molecular formula is C14H8F2. The van der Waals surface area contributed by atoms with Gasteiger partial charge in [-0.3, -0.25) is 0 Å². The van der Waals surface area contributed by atoms with Crippen LogP contribution in [-0.4, -0.2) is 0 Å². The normalized spacial score (nSPS) is 11.1. The van der Waals surface area contributed by atoms with E-state index in [4.69, 9.17) is 0 Å². The van der Waals surface area contributed by atoms with Gasteiger partial charge in [-0.2, -0.15) is 0 Å². The lowest BCUT2D eigenvalue weighted by atomic mass is 10.0. The van der Waals surface area contributed by atoms with Crippen LogP contribution >= 0.6 is 0 Å². The fourth-order valence-corrected chi connectivity index (χ4v) is 1.99. The number of hydrogen-bond donors (Lipinski definition) is 0. The van der Waals surface area contributed by atoms with Gasteiger partial charge in [0.05, 0.1) is 0 Å². The Morgan fingerprint density at radius 1 is 0.688 bits per heavy atom. The third-order valence-electron chi connectivity index (χ3n) is 2.76. The van der Waals surface area contributed by atoms with Gasteiger partial charge in [-0.25, -0.2) is 8.78 Å². The molecule has 0 amide bonds. The molecule has 0 aliphatic heterocycles. The van der Waals surface area contributed by atoms with Crippen molar-refractivity contribution >= 4 is 21.5 Å². The highest BCUT2D eigenvalue weighted by atomic mass is 19.1. The summed E-state index contributed by atoms with van der Waals surface area (Å²) in [6, 6.07) is 13.1. The lowest BCUT2D eigenvalue weighted by Crippen LogP contribution is -1.84. The van der Waals surface area contributed by atoms with E-state index < -0.39 is 0 Å². The van der Waals surface area contributed by atoms with Crippen LogP contribution in [0, 0.1) is 11.6 Å². The molecule has 0 spiro atoms. The molecule has 3 aromatic rings. The Balaban J connectivity index is 2.55. The smallest absolute Gasteiger partial charge is 0.138 e. The van der Waals surface area contributed by atoms with E-state index in [9.17, 15) is 8.78 Å². The number of benzene rings is 3. The molecule has 0 aliphatic rings. The number of halogens is 2. The van der Waals surface area contributed by atoms with E-state index in [1.54, 1.807) is 18.2 Å². The van der Waals surface area contributed by atoms with Crippen molar-refractivity contribution in [3.05, 3.63) is 60.2 Å². The minimum Gasteiger partial charge on any atom is -0.207 e. The number of fused-ring (bicyclic) bond motifs is 2. The molecule has 0 saturated heterocycles. The fraction of sp³-hybridized carbons (Fsp3) is 0. The zero-order valence-electron chi connectivity index (χ0n) is 8.37. The van der Waals surface area contributed by atoms with Crippen molar-refractivity contribution in [1.82, 2.24) is 0 Å². The molecule has 0 saturated carbocycles. The molecule has 78 valence electrons. The summed E-state index contributed by atoms with van der Waals surface area (Å²) in [5, 5.41) is 2.41. The topological polar surface area (TPSA) is 0 Å². The Morgan fingerprint density at radius 2 is 1.44 bits per heavy atom. The molecule has 0 radical (unpaired) electrons. The molecule has 0 nitrogen and oxygen atoms in total. The molecule has 3 rings (SSSR count). The minimum atomic E-state index is -0.345. The second-order valence-corrected chi connectivity index (χ2v) is 3.78. The Morgan fingerprint density at radius 3 is 2.31 bits per heavy atom. The molecule has 2 heteroatoms. The highest BCUT2D eigenvalue weighted by Crippen LogP contribution is 2.27. The standard InChI is InChI=1S/C14H8F2/c15-11-5-6-13-10(8-11)7-9-3-1-2-4-12(9)14(13)16/h1-8H. The maximum absolute atomic E-state index is 14.1. The van der Waals surface area contributed by atoms with Gasteiger partial charge in [0.25, 0.3) is 0 Å². The van der Waals surface area contributed by atoms with Crippen LogP contribution in [-0.2, 0) is 0 Å². The molecule has 0 aliphatic carbocycles. The average Bonchev–Trinajstić information content (AvgIpc) is 2.29. The lowest BCUT2D eigenvalue weighted by Gasteiger charge is -2.04. The van der Waals surface area contributed by atoms with Crippen LogP contribution in [0.5, 0.6) is 0 Å². The van der Waals surface area contributed by atoms with Crippen molar-refractivity contribution in [2.24, 2.45) is 0 Å². The van der Waals surface area contributed by atoms with E-state index >= 15 is 0 Å². The predicted molar refractivity (Wildman–Crippen MR) is 61.4 cm³/mol. The molecule has 16 heavy (non-hydrogen) atoms. The van der Waals surface area contributed by atoms with E-state index in [-0.39, 0.29) is 11.6 Å². The third-order valence-corrected chi connectivity index (χ3v) is 2.76. The molecule has 0 N–H and O–H groups in total. The monoisotopic (exact) mass is 214 g/mol. The molecule has 0 heterocycles. The van der Waals surface area contributed by atoms with Gasteiger partial charge in [0, 0.05) is 10.8 Å². The predicted octanol–water partition coefficient (Wildman–Crippen LogP) is 4.27. The van der Waals surface area contributed by atoms with Gasteiger partial charge in [0.2, 0.25) is 0 Å². The van der Waals surface area contributed by atoms with Crippen molar-refractivity contribution in [1.29, 1.82) is 0 Å². The third kappa shape index (κ3) is 1.27. The number of rotatable bonds is 0. The largest absolute Gasteiger partial charge is 0.207 e. The van der Waals surface area contributed by atoms with Crippen molar-refractivity contribution in [3.8, 4) is 0 Å². The Hall–Kier alpha value is -1.96. The van der Waals surface area contributed by atoms with Crippen LogP contribution in [0.3, 0.4) is 0 Å². The SMILES string of the molecule is Fc1ccc2c(F)c3ccccc3cc2c1. The highest BCUT2D eigenvalue weighted by Gasteiger charge is 2.06. The van der Waals surface area contributed by atoms with Crippen LogP contribution in [0.1, 0.15) is 0 Å². The van der Waals surface area contributed by atoms with Crippen molar-refractivity contribution in [2.45, 2.75) is 0 Å². The highest BCUT2D eigenvalue weighted by molar-refractivity contribution is 5.98. The van der Waals surface area contributed by atoms with E-state index in [1.165, 1.54) is 18.2 Å². The first-order valence-electron chi connectivity index (χ1n) is 5.02. The first kappa shape index (κ1) is 9.28. The summed E-state index contributed by atoms with van der Waals surface area (Å²) in [6.07, 6.45) is 0. The van der Waals surface area contributed by atoms with Gasteiger partial charge in [-0.15, -0.1) is 0 Å².